The Bertz CT molecular complexity index is 353. The van der Waals surface area contributed by atoms with E-state index in [1.807, 2.05) is 14.1 Å². The Morgan fingerprint density at radius 3 is 2.56 bits per heavy atom. The molecule has 0 saturated carbocycles. The van der Waals surface area contributed by atoms with Crippen molar-refractivity contribution in [2.45, 2.75) is 25.0 Å². The molecule has 1 saturated heterocycles. The zero-order chi connectivity index (χ0) is 13.0. The van der Waals surface area contributed by atoms with Crippen molar-refractivity contribution in [1.29, 1.82) is 0 Å². The van der Waals surface area contributed by atoms with Gasteiger partial charge in [0.1, 0.15) is 0 Å². The van der Waals surface area contributed by atoms with Crippen LogP contribution in [0.3, 0.4) is 0 Å². The van der Waals surface area contributed by atoms with Gasteiger partial charge < -0.3 is 10.0 Å². The molecule has 1 aliphatic heterocycles. The average molecular weight is 248 g/mol. The number of hydrogen-bond acceptors (Lipinski definition) is 3. The number of likely N-dealkylation sites (tertiary alicyclic amines) is 1. The molecule has 0 aliphatic carbocycles. The van der Waals surface area contributed by atoms with Crippen LogP contribution in [0.5, 0.6) is 0 Å². The van der Waals surface area contributed by atoms with Gasteiger partial charge in [0.15, 0.2) is 0 Å². The molecule has 0 unspecified atom stereocenters. The zero-order valence-electron chi connectivity index (χ0n) is 11.4. The Balaban J connectivity index is 1.72. The summed E-state index contributed by atoms with van der Waals surface area (Å²) >= 11 is 0. The number of hydrogen-bond donors (Lipinski definition) is 1. The van der Waals surface area contributed by atoms with Crippen molar-refractivity contribution in [3.8, 4) is 0 Å². The van der Waals surface area contributed by atoms with Crippen LogP contribution in [-0.4, -0.2) is 60.8 Å². The van der Waals surface area contributed by atoms with E-state index in [2.05, 4.69) is 40.1 Å². The summed E-state index contributed by atoms with van der Waals surface area (Å²) < 4.78 is 0. The number of aliphatic hydroxyl groups is 1. The van der Waals surface area contributed by atoms with Crippen LogP contribution in [0.25, 0.3) is 0 Å². The van der Waals surface area contributed by atoms with Gasteiger partial charge in [-0.2, -0.15) is 0 Å². The predicted molar refractivity (Wildman–Crippen MR) is 74.7 cm³/mol. The fourth-order valence-corrected chi connectivity index (χ4v) is 2.69. The molecule has 18 heavy (non-hydrogen) atoms. The molecule has 1 fully saturated rings. The van der Waals surface area contributed by atoms with E-state index in [1.165, 1.54) is 5.56 Å². The van der Waals surface area contributed by atoms with Gasteiger partial charge in [-0.1, -0.05) is 30.3 Å². The molecule has 3 nitrogen and oxygen atoms in total. The van der Waals surface area contributed by atoms with Crippen LogP contribution >= 0.6 is 0 Å². The van der Waals surface area contributed by atoms with Crippen molar-refractivity contribution in [3.63, 3.8) is 0 Å². The number of aryl methyl sites for hydroxylation is 1. The molecule has 0 amide bonds. The highest BCUT2D eigenvalue weighted by Crippen LogP contribution is 2.15. The minimum absolute atomic E-state index is 0.197. The molecule has 0 radical (unpaired) electrons. The first-order chi connectivity index (χ1) is 8.66. The van der Waals surface area contributed by atoms with Crippen LogP contribution in [0, 0.1) is 0 Å². The number of rotatable bonds is 5. The fourth-order valence-electron chi connectivity index (χ4n) is 2.69. The van der Waals surface area contributed by atoms with Gasteiger partial charge in [0, 0.05) is 19.1 Å². The second-order valence-electron chi connectivity index (χ2n) is 5.45. The highest BCUT2D eigenvalue weighted by atomic mass is 16.3. The maximum Gasteiger partial charge on any atom is 0.0834 e. The molecule has 3 heteroatoms. The standard InChI is InChI=1S/C15H24N2O/c1-16(2)14-11-17(12-15(14)18)10-6-9-13-7-4-3-5-8-13/h3-5,7-8,14-15,18H,6,9-12H2,1-2H3/t14-,15-/m0/s1. The SMILES string of the molecule is CN(C)[C@H]1CN(CCCc2ccccc2)C[C@@H]1O. The normalized spacial score (nSPS) is 24.9. The lowest BCUT2D eigenvalue weighted by atomic mass is 10.1. The van der Waals surface area contributed by atoms with Gasteiger partial charge in [-0.15, -0.1) is 0 Å². The molecule has 0 spiro atoms. The lowest BCUT2D eigenvalue weighted by Gasteiger charge is -2.21. The van der Waals surface area contributed by atoms with Crippen LogP contribution in [-0.2, 0) is 6.42 Å². The third-order valence-corrected chi connectivity index (χ3v) is 3.78. The molecule has 1 heterocycles. The van der Waals surface area contributed by atoms with E-state index in [0.717, 1.165) is 32.5 Å². The molecule has 1 N–H and O–H groups in total. The van der Waals surface area contributed by atoms with E-state index in [1.54, 1.807) is 0 Å². The fraction of sp³-hybridized carbons (Fsp3) is 0.600. The van der Waals surface area contributed by atoms with Gasteiger partial charge in [-0.05, 0) is 39.0 Å². The quantitative estimate of drug-likeness (QED) is 0.849. The molecule has 1 aromatic carbocycles. The Hall–Kier alpha value is -0.900. The molecule has 1 aliphatic rings. The molecule has 2 atom stereocenters. The molecular weight excluding hydrogens is 224 g/mol. The highest BCUT2D eigenvalue weighted by Gasteiger charge is 2.31. The first kappa shape index (κ1) is 13.5. The summed E-state index contributed by atoms with van der Waals surface area (Å²) in [7, 11) is 4.09. The second-order valence-corrected chi connectivity index (χ2v) is 5.45. The van der Waals surface area contributed by atoms with Crippen molar-refractivity contribution in [1.82, 2.24) is 9.80 Å². The third-order valence-electron chi connectivity index (χ3n) is 3.78. The maximum atomic E-state index is 9.96. The Kier molecular flexibility index (Phi) is 4.75. The maximum absolute atomic E-state index is 9.96. The van der Waals surface area contributed by atoms with Crippen LogP contribution in [0.2, 0.25) is 0 Å². The van der Waals surface area contributed by atoms with E-state index < -0.39 is 0 Å². The van der Waals surface area contributed by atoms with Crippen molar-refractivity contribution < 1.29 is 5.11 Å². The van der Waals surface area contributed by atoms with Crippen LogP contribution in [0.1, 0.15) is 12.0 Å². The molecular formula is C15H24N2O. The summed E-state index contributed by atoms with van der Waals surface area (Å²) in [4.78, 5) is 4.50. The number of likely N-dealkylation sites (N-methyl/N-ethyl adjacent to an activating group) is 1. The summed E-state index contributed by atoms with van der Waals surface area (Å²) in [5, 5.41) is 9.96. The Morgan fingerprint density at radius 2 is 1.94 bits per heavy atom. The first-order valence-corrected chi connectivity index (χ1v) is 6.77. The largest absolute Gasteiger partial charge is 0.390 e. The highest BCUT2D eigenvalue weighted by molar-refractivity contribution is 5.14. The van der Waals surface area contributed by atoms with Gasteiger partial charge in [-0.25, -0.2) is 0 Å². The van der Waals surface area contributed by atoms with Crippen molar-refractivity contribution in [3.05, 3.63) is 35.9 Å². The monoisotopic (exact) mass is 248 g/mol. The summed E-state index contributed by atoms with van der Waals surface area (Å²) in [6.07, 6.45) is 2.09. The molecule has 100 valence electrons. The van der Waals surface area contributed by atoms with Crippen molar-refractivity contribution >= 4 is 0 Å². The van der Waals surface area contributed by atoms with Gasteiger partial charge >= 0.3 is 0 Å². The number of benzene rings is 1. The van der Waals surface area contributed by atoms with E-state index >= 15 is 0 Å². The molecule has 0 aromatic heterocycles. The van der Waals surface area contributed by atoms with Crippen LogP contribution in [0.4, 0.5) is 0 Å². The second kappa shape index (κ2) is 6.32. The average Bonchev–Trinajstić information content (AvgIpc) is 2.72. The first-order valence-electron chi connectivity index (χ1n) is 6.77. The summed E-state index contributed by atoms with van der Waals surface area (Å²) in [5.41, 5.74) is 1.40. The Labute approximate surface area is 110 Å². The van der Waals surface area contributed by atoms with Gasteiger partial charge in [0.25, 0.3) is 0 Å². The van der Waals surface area contributed by atoms with E-state index in [4.69, 9.17) is 0 Å². The molecule has 1 aromatic rings. The summed E-state index contributed by atoms with van der Waals surface area (Å²) in [5.74, 6) is 0. The smallest absolute Gasteiger partial charge is 0.0834 e. The number of β-amino-alcohol motifs (C(OH)–C–C–N with tert-alkyl or cyclic N) is 1. The van der Waals surface area contributed by atoms with E-state index in [0.29, 0.717) is 6.04 Å². The minimum Gasteiger partial charge on any atom is -0.390 e. The van der Waals surface area contributed by atoms with Gasteiger partial charge in [0.05, 0.1) is 6.10 Å². The molecule has 2 rings (SSSR count). The molecule has 0 bridgehead atoms. The van der Waals surface area contributed by atoms with Gasteiger partial charge in [-0.3, -0.25) is 4.90 Å². The minimum atomic E-state index is -0.197. The zero-order valence-corrected chi connectivity index (χ0v) is 11.4. The third kappa shape index (κ3) is 3.55. The predicted octanol–water partition coefficient (Wildman–Crippen LogP) is 1.23. The number of aliphatic hydroxyl groups excluding tert-OH is 1. The lowest BCUT2D eigenvalue weighted by molar-refractivity contribution is 0.112. The van der Waals surface area contributed by atoms with Crippen molar-refractivity contribution in [2.75, 3.05) is 33.7 Å². The van der Waals surface area contributed by atoms with Gasteiger partial charge in [0.2, 0.25) is 0 Å². The Morgan fingerprint density at radius 1 is 1.22 bits per heavy atom. The topological polar surface area (TPSA) is 26.7 Å². The summed E-state index contributed by atoms with van der Waals surface area (Å²) in [6, 6.07) is 10.9. The lowest BCUT2D eigenvalue weighted by Crippen LogP contribution is -2.38. The van der Waals surface area contributed by atoms with E-state index in [9.17, 15) is 5.11 Å². The van der Waals surface area contributed by atoms with Crippen molar-refractivity contribution in [2.24, 2.45) is 0 Å². The number of nitrogens with zero attached hydrogens (tertiary/aromatic N) is 2. The summed E-state index contributed by atoms with van der Waals surface area (Å²) in [6.45, 7) is 2.89. The van der Waals surface area contributed by atoms with Crippen LogP contribution in [0.15, 0.2) is 30.3 Å². The van der Waals surface area contributed by atoms with E-state index in [-0.39, 0.29) is 6.10 Å². The van der Waals surface area contributed by atoms with Crippen LogP contribution < -0.4 is 0 Å².